The van der Waals surface area contributed by atoms with Gasteiger partial charge in [-0.3, -0.25) is 10.1 Å². The molecular weight excluding hydrogens is 617 g/mol. The number of hydrogen-bond acceptors (Lipinski definition) is 8. The fraction of sp³-hybridized carbons (Fsp3) is 0.273. The summed E-state index contributed by atoms with van der Waals surface area (Å²) in [5.41, 5.74) is 1.98. The summed E-state index contributed by atoms with van der Waals surface area (Å²) in [5, 5.41) is 13.1. The largest absolute Gasteiger partial charge is 0.481 e. The Kier molecular flexibility index (Phi) is 10.3. The van der Waals surface area contributed by atoms with Crippen molar-refractivity contribution in [3.63, 3.8) is 0 Å². The average molecular weight is 652 g/mol. The molecule has 4 aromatic rings. The molecule has 4 N–H and O–H groups in total. The first-order valence-corrected chi connectivity index (χ1v) is 16.4. The summed E-state index contributed by atoms with van der Waals surface area (Å²) in [6.45, 7) is 1.22. The van der Waals surface area contributed by atoms with Crippen molar-refractivity contribution in [3.05, 3.63) is 113 Å². The van der Waals surface area contributed by atoms with Crippen molar-refractivity contribution in [3.8, 4) is 5.88 Å². The van der Waals surface area contributed by atoms with E-state index in [0.717, 1.165) is 5.56 Å². The van der Waals surface area contributed by atoms with Gasteiger partial charge in [-0.05, 0) is 60.9 Å². The van der Waals surface area contributed by atoms with Crippen LogP contribution in [0.1, 0.15) is 17.5 Å². The molecule has 1 aliphatic heterocycles. The first-order chi connectivity index (χ1) is 21.7. The number of carbonyl (C=O) groups excluding carboxylic acids is 1. The maximum absolute atomic E-state index is 15.5. The summed E-state index contributed by atoms with van der Waals surface area (Å²) in [7, 11) is -2.34. The number of ether oxygens (including phenoxy) is 1. The zero-order chi connectivity index (χ0) is 31.9. The molecule has 0 unspecified atom stereocenters. The number of amides is 1. The van der Waals surface area contributed by atoms with Crippen molar-refractivity contribution >= 4 is 38.7 Å². The van der Waals surface area contributed by atoms with Crippen molar-refractivity contribution in [2.24, 2.45) is 0 Å². The van der Waals surface area contributed by atoms with Crippen molar-refractivity contribution in [1.29, 1.82) is 0 Å². The number of carbonyl (C=O) groups is 1. The number of pyridine rings is 1. The molecule has 236 valence electrons. The zero-order valence-electron chi connectivity index (χ0n) is 24.7. The average Bonchev–Trinajstić information content (AvgIpc) is 3.06. The molecule has 0 radical (unpaired) electrons. The maximum atomic E-state index is 15.5. The lowest BCUT2D eigenvalue weighted by molar-refractivity contribution is -0.116. The van der Waals surface area contributed by atoms with Crippen molar-refractivity contribution < 1.29 is 22.3 Å². The summed E-state index contributed by atoms with van der Waals surface area (Å²) in [6, 6.07) is 22.5. The molecule has 3 aromatic carbocycles. The third-order valence-electron chi connectivity index (χ3n) is 7.84. The van der Waals surface area contributed by atoms with Crippen LogP contribution >= 0.6 is 11.6 Å². The number of benzene rings is 3. The van der Waals surface area contributed by atoms with Gasteiger partial charge in [0.05, 0.1) is 23.9 Å². The van der Waals surface area contributed by atoms with Crippen LogP contribution in [0, 0.1) is 5.82 Å². The van der Waals surface area contributed by atoms with Crippen LogP contribution in [0.25, 0.3) is 0 Å². The predicted octanol–water partition coefficient (Wildman–Crippen LogP) is 4.84. The van der Waals surface area contributed by atoms with Gasteiger partial charge in [0.1, 0.15) is 16.7 Å². The van der Waals surface area contributed by atoms with E-state index in [1.807, 2.05) is 12.1 Å². The van der Waals surface area contributed by atoms with E-state index >= 15 is 4.39 Å². The van der Waals surface area contributed by atoms with E-state index in [4.69, 9.17) is 16.3 Å². The molecule has 2 heterocycles. The van der Waals surface area contributed by atoms with Gasteiger partial charge < -0.3 is 20.7 Å². The second kappa shape index (κ2) is 14.4. The zero-order valence-corrected chi connectivity index (χ0v) is 26.3. The maximum Gasteiger partial charge on any atom is 0.247 e. The van der Waals surface area contributed by atoms with Crippen LogP contribution in [0.15, 0.2) is 96.0 Å². The minimum absolute atomic E-state index is 0.0907. The van der Waals surface area contributed by atoms with Gasteiger partial charge in [0.25, 0.3) is 0 Å². The fourth-order valence-electron chi connectivity index (χ4n) is 5.39. The van der Waals surface area contributed by atoms with Gasteiger partial charge >= 0.3 is 0 Å². The van der Waals surface area contributed by atoms with E-state index in [1.165, 1.54) is 19.4 Å². The lowest BCUT2D eigenvalue weighted by atomic mass is 9.99. The summed E-state index contributed by atoms with van der Waals surface area (Å²) in [5.74, 6) is -0.461. The smallest absolute Gasteiger partial charge is 0.247 e. The quantitative estimate of drug-likeness (QED) is 0.172. The van der Waals surface area contributed by atoms with Crippen LogP contribution in [-0.2, 0) is 27.5 Å². The van der Waals surface area contributed by atoms with E-state index < -0.39 is 26.6 Å². The molecule has 0 bridgehead atoms. The number of nitrogens with zero attached hydrogens (tertiary/aromatic N) is 1. The minimum atomic E-state index is -3.85. The molecule has 9 nitrogen and oxygen atoms in total. The molecule has 2 atom stereocenters. The van der Waals surface area contributed by atoms with Crippen LogP contribution in [0.2, 0.25) is 5.02 Å². The Morgan fingerprint density at radius 2 is 1.82 bits per heavy atom. The summed E-state index contributed by atoms with van der Waals surface area (Å²) in [4.78, 5) is 16.6. The van der Waals surface area contributed by atoms with Crippen LogP contribution in [0.3, 0.4) is 0 Å². The third-order valence-corrected chi connectivity index (χ3v) is 10.5. The van der Waals surface area contributed by atoms with Gasteiger partial charge in [-0.15, -0.1) is 0 Å². The molecule has 1 aliphatic rings. The highest BCUT2D eigenvalue weighted by molar-refractivity contribution is 7.92. The van der Waals surface area contributed by atoms with Crippen LogP contribution in [-0.4, -0.2) is 57.0 Å². The van der Waals surface area contributed by atoms with Crippen LogP contribution < -0.4 is 26.0 Å². The van der Waals surface area contributed by atoms with Gasteiger partial charge in [0.2, 0.25) is 11.8 Å². The Labute approximate surface area is 267 Å². The standard InChI is InChI=1S/C33H35ClFN5O4S/c1-44-31-15-14-25(21-37-31)39-32(41)30(20-23-10-12-24(34)13-11-23)40-29-9-5-8-28(35)27(29)16-17-33(22-36-18-19-38-33)45(42,43)26-6-3-2-4-7-26/h2-15,21,30,36,38,40H,16-20,22H2,1H3,(H,39,41)/t30-,33-/m0/s1. The lowest BCUT2D eigenvalue weighted by Gasteiger charge is -2.38. The normalized spacial score (nSPS) is 17.3. The number of sulfone groups is 1. The number of methoxy groups -OCH3 is 1. The van der Waals surface area contributed by atoms with Gasteiger partial charge in [-0.1, -0.05) is 48.0 Å². The molecular formula is C33H35ClFN5O4S. The highest BCUT2D eigenvalue weighted by Gasteiger charge is 2.45. The molecule has 45 heavy (non-hydrogen) atoms. The first-order valence-electron chi connectivity index (χ1n) is 14.6. The number of anilines is 2. The molecule has 1 amide bonds. The molecule has 1 saturated heterocycles. The molecule has 5 rings (SSSR count). The SMILES string of the molecule is COc1ccc(NC(=O)[C@H](Cc2ccc(Cl)cc2)Nc2cccc(F)c2CC[C@]2(S(=O)(=O)c3ccccc3)CNCCN2)cn1. The van der Waals surface area contributed by atoms with Crippen molar-refractivity contribution in [2.45, 2.75) is 35.1 Å². The van der Waals surface area contributed by atoms with E-state index in [9.17, 15) is 13.2 Å². The molecule has 12 heteroatoms. The number of nitrogens with one attached hydrogen (secondary N) is 4. The van der Waals surface area contributed by atoms with Crippen LogP contribution in [0.4, 0.5) is 15.8 Å². The topological polar surface area (TPSA) is 121 Å². The van der Waals surface area contributed by atoms with Gasteiger partial charge in [0, 0.05) is 48.4 Å². The Hall–Kier alpha value is -4.03. The molecule has 0 spiro atoms. The van der Waals surface area contributed by atoms with E-state index in [-0.39, 0.29) is 42.2 Å². The summed E-state index contributed by atoms with van der Waals surface area (Å²) < 4.78 is 48.5. The number of rotatable bonds is 12. The number of piperazine rings is 1. The lowest BCUT2D eigenvalue weighted by Crippen LogP contribution is -2.63. The van der Waals surface area contributed by atoms with Crippen molar-refractivity contribution in [1.82, 2.24) is 15.6 Å². The summed E-state index contributed by atoms with van der Waals surface area (Å²) >= 11 is 6.09. The Morgan fingerprint density at radius 1 is 1.04 bits per heavy atom. The predicted molar refractivity (Wildman–Crippen MR) is 174 cm³/mol. The number of hydrogen-bond donors (Lipinski definition) is 4. The summed E-state index contributed by atoms with van der Waals surface area (Å²) in [6.07, 6.45) is 1.94. The Morgan fingerprint density at radius 3 is 2.49 bits per heavy atom. The molecule has 1 fully saturated rings. The van der Waals surface area contributed by atoms with Gasteiger partial charge in [0.15, 0.2) is 9.84 Å². The number of halogens is 2. The third kappa shape index (κ3) is 7.62. The highest BCUT2D eigenvalue weighted by atomic mass is 35.5. The fourth-order valence-corrected chi connectivity index (χ4v) is 7.44. The molecule has 0 saturated carbocycles. The first kappa shape index (κ1) is 32.4. The highest BCUT2D eigenvalue weighted by Crippen LogP contribution is 2.32. The van der Waals surface area contributed by atoms with Gasteiger partial charge in [-0.25, -0.2) is 17.8 Å². The molecule has 1 aromatic heterocycles. The monoisotopic (exact) mass is 651 g/mol. The minimum Gasteiger partial charge on any atom is -0.481 e. The van der Waals surface area contributed by atoms with Gasteiger partial charge in [-0.2, -0.15) is 0 Å². The Bertz CT molecular complexity index is 1700. The number of aromatic nitrogens is 1. The second-order valence-electron chi connectivity index (χ2n) is 10.8. The molecule has 0 aliphatic carbocycles. The van der Waals surface area contributed by atoms with E-state index in [2.05, 4.69) is 26.3 Å². The Balaban J connectivity index is 1.43. The second-order valence-corrected chi connectivity index (χ2v) is 13.5. The van der Waals surface area contributed by atoms with Crippen LogP contribution in [0.5, 0.6) is 5.88 Å². The van der Waals surface area contributed by atoms with Crippen molar-refractivity contribution in [2.75, 3.05) is 37.4 Å². The van der Waals surface area contributed by atoms with E-state index in [1.54, 1.807) is 66.7 Å². The van der Waals surface area contributed by atoms with E-state index in [0.29, 0.717) is 35.4 Å².